The van der Waals surface area contributed by atoms with Crippen LogP contribution in [0.1, 0.15) is 49.7 Å². The van der Waals surface area contributed by atoms with Crippen molar-refractivity contribution in [2.24, 2.45) is 5.41 Å². The normalized spacial score (nSPS) is 21.2. The third-order valence-electron chi connectivity index (χ3n) is 4.54. The van der Waals surface area contributed by atoms with Gasteiger partial charge in [-0.25, -0.2) is 0 Å². The number of hydrogen-bond acceptors (Lipinski definition) is 1. The molecule has 0 fully saturated rings. The van der Waals surface area contributed by atoms with Crippen LogP contribution in [-0.2, 0) is 17.6 Å². The summed E-state index contributed by atoms with van der Waals surface area (Å²) in [5, 5.41) is 9.70. The van der Waals surface area contributed by atoms with Crippen LogP contribution in [0.5, 0.6) is 0 Å². The summed E-state index contributed by atoms with van der Waals surface area (Å²) in [7, 11) is 0. The fourth-order valence-electron chi connectivity index (χ4n) is 3.23. The Kier molecular flexibility index (Phi) is 4.99. The van der Waals surface area contributed by atoms with Crippen LogP contribution >= 0.6 is 0 Å². The van der Waals surface area contributed by atoms with Crippen LogP contribution in [0.15, 0.2) is 36.9 Å². The molecule has 0 saturated carbocycles. The van der Waals surface area contributed by atoms with Gasteiger partial charge in [0, 0.05) is 0 Å². The van der Waals surface area contributed by atoms with Gasteiger partial charge in [0.15, 0.2) is 0 Å². The first kappa shape index (κ1) is 14.8. The summed E-state index contributed by atoms with van der Waals surface area (Å²) in [4.78, 5) is 11.8. The number of fused-ring (bicyclic) bond motifs is 1. The fraction of sp³-hybridized carbons (Fsp3) is 0.500. The van der Waals surface area contributed by atoms with Gasteiger partial charge in [-0.3, -0.25) is 4.79 Å². The molecule has 0 heterocycles. The third-order valence-corrected chi connectivity index (χ3v) is 4.54. The van der Waals surface area contributed by atoms with Crippen LogP contribution < -0.4 is 0 Å². The van der Waals surface area contributed by atoms with E-state index in [1.165, 1.54) is 11.1 Å². The first-order valence-electron chi connectivity index (χ1n) is 7.59. The SMILES string of the molecule is C=CCCCCCC1(C(=O)O)CCc2ccccc2C1. The lowest BCUT2D eigenvalue weighted by molar-refractivity contribution is -0.150. The first-order chi connectivity index (χ1) is 9.68. The molecule has 0 saturated heterocycles. The number of aryl methyl sites for hydroxylation is 1. The van der Waals surface area contributed by atoms with Crippen LogP contribution in [0.2, 0.25) is 0 Å². The molecule has 0 aliphatic heterocycles. The van der Waals surface area contributed by atoms with Gasteiger partial charge < -0.3 is 5.11 Å². The maximum atomic E-state index is 11.8. The Balaban J connectivity index is 2.01. The summed E-state index contributed by atoms with van der Waals surface area (Å²) >= 11 is 0. The fourth-order valence-corrected chi connectivity index (χ4v) is 3.23. The van der Waals surface area contributed by atoms with Crippen molar-refractivity contribution in [3.8, 4) is 0 Å². The highest BCUT2D eigenvalue weighted by Crippen LogP contribution is 2.40. The van der Waals surface area contributed by atoms with E-state index in [0.29, 0.717) is 6.42 Å². The Bertz CT molecular complexity index is 478. The van der Waals surface area contributed by atoms with Crippen LogP contribution in [0, 0.1) is 5.41 Å². The topological polar surface area (TPSA) is 37.3 Å². The molecule has 0 radical (unpaired) electrons. The van der Waals surface area contributed by atoms with Gasteiger partial charge in [-0.05, 0) is 49.7 Å². The number of carboxylic acids is 1. The molecule has 2 heteroatoms. The maximum Gasteiger partial charge on any atom is 0.309 e. The van der Waals surface area contributed by atoms with Crippen LogP contribution in [0.4, 0.5) is 0 Å². The average molecular weight is 272 g/mol. The molecule has 1 unspecified atom stereocenters. The lowest BCUT2D eigenvalue weighted by atomic mass is 9.69. The van der Waals surface area contributed by atoms with E-state index < -0.39 is 11.4 Å². The Hall–Kier alpha value is -1.57. The summed E-state index contributed by atoms with van der Waals surface area (Å²) in [6.45, 7) is 3.72. The van der Waals surface area contributed by atoms with Gasteiger partial charge in [-0.1, -0.05) is 43.2 Å². The highest BCUT2D eigenvalue weighted by atomic mass is 16.4. The lowest BCUT2D eigenvalue weighted by Gasteiger charge is -2.34. The minimum Gasteiger partial charge on any atom is -0.481 e. The molecule has 1 aromatic rings. The van der Waals surface area contributed by atoms with Gasteiger partial charge in [-0.2, -0.15) is 0 Å². The van der Waals surface area contributed by atoms with Gasteiger partial charge in [0.05, 0.1) is 5.41 Å². The van der Waals surface area contributed by atoms with Gasteiger partial charge >= 0.3 is 5.97 Å². The number of carbonyl (C=O) groups is 1. The number of unbranched alkanes of at least 4 members (excludes halogenated alkanes) is 3. The molecule has 1 atom stereocenters. The van der Waals surface area contributed by atoms with E-state index in [1.54, 1.807) is 0 Å². The molecule has 0 aromatic heterocycles. The largest absolute Gasteiger partial charge is 0.481 e. The summed E-state index contributed by atoms with van der Waals surface area (Å²) in [6, 6.07) is 8.28. The smallest absolute Gasteiger partial charge is 0.309 e. The lowest BCUT2D eigenvalue weighted by Crippen LogP contribution is -2.37. The van der Waals surface area contributed by atoms with E-state index >= 15 is 0 Å². The number of carboxylic acid groups (broad SMARTS) is 1. The molecule has 0 spiro atoms. The predicted molar refractivity (Wildman–Crippen MR) is 81.8 cm³/mol. The second-order valence-corrected chi connectivity index (χ2v) is 5.92. The second-order valence-electron chi connectivity index (χ2n) is 5.92. The van der Waals surface area contributed by atoms with Crippen LogP contribution in [0.25, 0.3) is 0 Å². The van der Waals surface area contributed by atoms with Gasteiger partial charge in [0.1, 0.15) is 0 Å². The number of rotatable bonds is 7. The number of hydrogen-bond donors (Lipinski definition) is 1. The third kappa shape index (κ3) is 3.30. The Morgan fingerprint density at radius 1 is 1.25 bits per heavy atom. The van der Waals surface area contributed by atoms with E-state index in [-0.39, 0.29) is 0 Å². The molecule has 0 amide bonds. The van der Waals surface area contributed by atoms with Crippen molar-refractivity contribution < 1.29 is 9.90 Å². The molecule has 1 N–H and O–H groups in total. The molecule has 20 heavy (non-hydrogen) atoms. The zero-order chi connectivity index (χ0) is 14.4. The molecule has 0 bridgehead atoms. The molecule has 108 valence electrons. The van der Waals surface area contributed by atoms with Gasteiger partial charge in [0.25, 0.3) is 0 Å². The Morgan fingerprint density at radius 3 is 2.70 bits per heavy atom. The van der Waals surface area contributed by atoms with Crippen molar-refractivity contribution >= 4 is 5.97 Å². The number of benzene rings is 1. The summed E-state index contributed by atoms with van der Waals surface area (Å²) < 4.78 is 0. The Morgan fingerprint density at radius 2 is 2.00 bits per heavy atom. The zero-order valence-corrected chi connectivity index (χ0v) is 12.1. The van der Waals surface area contributed by atoms with E-state index in [1.807, 2.05) is 18.2 Å². The molecule has 2 nitrogen and oxygen atoms in total. The first-order valence-corrected chi connectivity index (χ1v) is 7.59. The second kappa shape index (κ2) is 6.74. The molecule has 1 aliphatic carbocycles. The highest BCUT2D eigenvalue weighted by Gasteiger charge is 2.40. The molecule has 1 aliphatic rings. The quantitative estimate of drug-likeness (QED) is 0.590. The van der Waals surface area contributed by atoms with E-state index in [4.69, 9.17) is 0 Å². The standard InChI is InChI=1S/C18H24O2/c1-2-3-4-5-8-12-18(17(19)20)13-11-15-9-6-7-10-16(15)14-18/h2,6-7,9-10H,1,3-5,8,11-14H2,(H,19,20). The summed E-state index contributed by atoms with van der Waals surface area (Å²) in [6.07, 6.45) is 9.36. The van der Waals surface area contributed by atoms with E-state index in [2.05, 4.69) is 18.7 Å². The maximum absolute atomic E-state index is 11.8. The van der Waals surface area contributed by atoms with Crippen molar-refractivity contribution in [1.82, 2.24) is 0 Å². The molecular formula is C18H24O2. The van der Waals surface area contributed by atoms with Crippen LogP contribution in [-0.4, -0.2) is 11.1 Å². The highest BCUT2D eigenvalue weighted by molar-refractivity contribution is 5.75. The predicted octanol–water partition coefficient (Wildman–Crippen LogP) is 4.38. The average Bonchev–Trinajstić information content (AvgIpc) is 2.46. The van der Waals surface area contributed by atoms with Gasteiger partial charge in [0.2, 0.25) is 0 Å². The van der Waals surface area contributed by atoms with E-state index in [9.17, 15) is 9.90 Å². The molecule has 1 aromatic carbocycles. The summed E-state index contributed by atoms with van der Waals surface area (Å²) in [5.74, 6) is -0.615. The van der Waals surface area contributed by atoms with Crippen molar-refractivity contribution in [3.05, 3.63) is 48.0 Å². The van der Waals surface area contributed by atoms with E-state index in [0.717, 1.165) is 44.9 Å². The zero-order valence-electron chi connectivity index (χ0n) is 12.1. The molecule has 2 rings (SSSR count). The Labute approximate surface area is 121 Å². The van der Waals surface area contributed by atoms with Crippen molar-refractivity contribution in [2.75, 3.05) is 0 Å². The number of aliphatic carboxylic acids is 1. The number of allylic oxidation sites excluding steroid dienone is 1. The monoisotopic (exact) mass is 272 g/mol. The van der Waals surface area contributed by atoms with Crippen molar-refractivity contribution in [2.45, 2.75) is 51.4 Å². The van der Waals surface area contributed by atoms with Crippen molar-refractivity contribution in [1.29, 1.82) is 0 Å². The van der Waals surface area contributed by atoms with Gasteiger partial charge in [-0.15, -0.1) is 6.58 Å². The minimum absolute atomic E-state index is 0.539. The minimum atomic E-state index is -0.615. The van der Waals surface area contributed by atoms with Crippen molar-refractivity contribution in [3.63, 3.8) is 0 Å². The van der Waals surface area contributed by atoms with Crippen LogP contribution in [0.3, 0.4) is 0 Å². The summed E-state index contributed by atoms with van der Waals surface area (Å²) in [5.41, 5.74) is 2.02. The molecular weight excluding hydrogens is 248 g/mol.